The van der Waals surface area contributed by atoms with Gasteiger partial charge in [0.05, 0.1) is 14.1 Å². The van der Waals surface area contributed by atoms with Gasteiger partial charge in [-0.25, -0.2) is 0 Å². The number of nitrogens with one attached hydrogen (secondary N) is 1. The van der Waals surface area contributed by atoms with Crippen molar-refractivity contribution in [3.8, 4) is 0 Å². The molecule has 0 radical (unpaired) electrons. The van der Waals surface area contributed by atoms with Crippen LogP contribution in [0.5, 0.6) is 0 Å². The van der Waals surface area contributed by atoms with Gasteiger partial charge < -0.3 is 17.3 Å². The normalized spacial score (nSPS) is 8.58. The van der Waals surface area contributed by atoms with Crippen LogP contribution in [0.2, 0.25) is 0 Å². The zero-order chi connectivity index (χ0) is 7.40. The van der Waals surface area contributed by atoms with Crippen LogP contribution in [0.1, 0.15) is 5.56 Å². The Bertz CT molecular complexity index is 189. The first-order valence-corrected chi connectivity index (χ1v) is 3.62. The van der Waals surface area contributed by atoms with Crippen LogP contribution in [0, 0.1) is 0 Å². The van der Waals surface area contributed by atoms with Gasteiger partial charge in [0.15, 0.2) is 0 Å². The maximum atomic E-state index is 2.16. The summed E-state index contributed by atoms with van der Waals surface area (Å²) in [5, 5.41) is 0. The van der Waals surface area contributed by atoms with E-state index in [1.165, 1.54) is 10.5 Å². The van der Waals surface area contributed by atoms with Gasteiger partial charge in [0.25, 0.3) is 0 Å². The third-order valence-corrected chi connectivity index (χ3v) is 1.40. The van der Waals surface area contributed by atoms with E-state index in [9.17, 15) is 0 Å². The summed E-state index contributed by atoms with van der Waals surface area (Å²) in [5.74, 6) is 0. The summed E-state index contributed by atoms with van der Waals surface area (Å²) in [6, 6.07) is 10.5. The van der Waals surface area contributed by atoms with Crippen molar-refractivity contribution in [3.63, 3.8) is 0 Å². The van der Waals surface area contributed by atoms with Gasteiger partial charge in [-0.15, -0.1) is 0 Å². The Morgan fingerprint density at radius 1 is 1.08 bits per heavy atom. The molecule has 1 N–H and O–H groups in total. The molecule has 0 aliphatic rings. The molecule has 0 aliphatic heterocycles. The Hall–Kier alpha value is 0.405. The summed E-state index contributed by atoms with van der Waals surface area (Å²) in [4.78, 5) is 1.46. The molecule has 0 spiro atoms. The number of rotatable bonds is 2. The van der Waals surface area contributed by atoms with Crippen molar-refractivity contribution in [1.29, 1.82) is 0 Å². The fraction of sp³-hybridized carbons (Fsp3) is 0.333. The van der Waals surface area contributed by atoms with Gasteiger partial charge in [-0.05, 0) is 0 Å². The predicted molar refractivity (Wildman–Crippen MR) is 43.0 cm³/mol. The van der Waals surface area contributed by atoms with Crippen LogP contribution < -0.4 is 17.3 Å². The first kappa shape index (κ1) is 14.9. The Morgan fingerprint density at radius 3 is 2.00 bits per heavy atom. The summed E-state index contributed by atoms with van der Waals surface area (Å²) >= 11 is 0. The largest absolute Gasteiger partial charge is 1.00 e. The molecule has 1 aromatic carbocycles. The van der Waals surface area contributed by atoms with Crippen LogP contribution >= 0.6 is 0 Å². The minimum atomic E-state index is 0. The monoisotopic (exact) mass is 373 g/mol. The molecule has 64 valence electrons. The van der Waals surface area contributed by atoms with Gasteiger partial charge in [0.1, 0.15) is 6.54 Å². The topological polar surface area (TPSA) is 4.44 Å². The van der Waals surface area contributed by atoms with Crippen molar-refractivity contribution >= 4 is 0 Å². The molecule has 1 nitrogen and oxygen atoms in total. The molecule has 0 bridgehead atoms. The van der Waals surface area contributed by atoms with Gasteiger partial charge >= 0.3 is 0 Å². The molecular weight excluding hydrogens is 358 g/mol. The maximum absolute atomic E-state index is 2.16. The zero-order valence-electron chi connectivity index (χ0n) is 7.68. The van der Waals surface area contributed by atoms with Crippen LogP contribution in [0.3, 0.4) is 0 Å². The first-order valence-electron chi connectivity index (χ1n) is 3.62. The molecule has 0 saturated carbocycles. The van der Waals surface area contributed by atoms with Crippen molar-refractivity contribution in [2.45, 2.75) is 6.54 Å². The molecule has 3 heteroatoms. The smallest absolute Gasteiger partial charge is 0.102 e. The van der Waals surface area contributed by atoms with Crippen LogP contribution in [-0.2, 0) is 34.2 Å². The molecule has 0 aromatic heterocycles. The quantitative estimate of drug-likeness (QED) is 0.541. The Morgan fingerprint density at radius 2 is 1.58 bits per heavy atom. The minimum Gasteiger partial charge on any atom is -1.00 e. The standard InChI is InChI=1S/C9H13N.ClH.Hg/c1-10(2)8-9-6-4-3-5-7-9;;/h3-7H,8H2,1-2H3;1H;. The van der Waals surface area contributed by atoms with E-state index in [4.69, 9.17) is 0 Å². The molecule has 12 heavy (non-hydrogen) atoms. The minimum absolute atomic E-state index is 0. The molecule has 0 fully saturated rings. The van der Waals surface area contributed by atoms with Crippen molar-refractivity contribution < 1.29 is 45.0 Å². The van der Waals surface area contributed by atoms with E-state index >= 15 is 0 Å². The Balaban J connectivity index is 0. The summed E-state index contributed by atoms with van der Waals surface area (Å²) < 4.78 is 0. The van der Waals surface area contributed by atoms with Gasteiger partial charge in [-0.1, -0.05) is 30.3 Å². The fourth-order valence-electron chi connectivity index (χ4n) is 1.00. The Kier molecular flexibility index (Phi) is 9.97. The summed E-state index contributed by atoms with van der Waals surface area (Å²) in [7, 11) is 4.32. The predicted octanol–water partition coefficient (Wildman–Crippen LogP) is -2.67. The average molecular weight is 372 g/mol. The molecule has 0 amide bonds. The number of halogens is 1. The zero-order valence-corrected chi connectivity index (χ0v) is 13.9. The van der Waals surface area contributed by atoms with E-state index in [1.807, 2.05) is 0 Å². The third-order valence-electron chi connectivity index (χ3n) is 1.40. The van der Waals surface area contributed by atoms with Gasteiger partial charge in [-0.3, -0.25) is 0 Å². The Labute approximate surface area is 101 Å². The third kappa shape index (κ3) is 5.98. The molecule has 0 heterocycles. The molecule has 1 rings (SSSR count). The molecule has 1 aromatic rings. The summed E-state index contributed by atoms with van der Waals surface area (Å²) in [5.41, 5.74) is 1.41. The van der Waals surface area contributed by atoms with Crippen LogP contribution in [0.4, 0.5) is 0 Å². The molecular formula is C9H14ClHgN. The molecule has 0 unspecified atom stereocenters. The second-order valence-corrected chi connectivity index (χ2v) is 2.87. The van der Waals surface area contributed by atoms with E-state index in [2.05, 4.69) is 44.4 Å². The van der Waals surface area contributed by atoms with E-state index in [1.54, 1.807) is 0 Å². The molecule has 0 atom stereocenters. The molecule has 0 saturated heterocycles. The fourth-order valence-corrected chi connectivity index (χ4v) is 1.00. The summed E-state index contributed by atoms with van der Waals surface area (Å²) in [6.07, 6.45) is 0. The van der Waals surface area contributed by atoms with E-state index in [0.717, 1.165) is 6.54 Å². The SMILES string of the molecule is C[NH+](C)Cc1ccccc1.[Cl-].[Hg]. The van der Waals surface area contributed by atoms with E-state index in [0.29, 0.717) is 0 Å². The van der Waals surface area contributed by atoms with Crippen LogP contribution in [0.25, 0.3) is 0 Å². The number of hydrogen-bond acceptors (Lipinski definition) is 0. The van der Waals surface area contributed by atoms with Crippen molar-refractivity contribution in [1.82, 2.24) is 0 Å². The summed E-state index contributed by atoms with van der Waals surface area (Å²) in [6.45, 7) is 1.11. The van der Waals surface area contributed by atoms with E-state index < -0.39 is 0 Å². The first-order chi connectivity index (χ1) is 4.79. The second kappa shape index (κ2) is 8.02. The van der Waals surface area contributed by atoms with E-state index in [-0.39, 0.29) is 40.1 Å². The van der Waals surface area contributed by atoms with Crippen molar-refractivity contribution in [2.75, 3.05) is 14.1 Å². The number of benzene rings is 1. The van der Waals surface area contributed by atoms with Crippen molar-refractivity contribution in [2.24, 2.45) is 0 Å². The maximum Gasteiger partial charge on any atom is 0.102 e. The second-order valence-electron chi connectivity index (χ2n) is 2.87. The van der Waals surface area contributed by atoms with Gasteiger partial charge in [-0.2, -0.15) is 0 Å². The van der Waals surface area contributed by atoms with Crippen LogP contribution in [0.15, 0.2) is 30.3 Å². The average Bonchev–Trinajstić information content (AvgIpc) is 1.88. The number of hydrogen-bond donors (Lipinski definition) is 1. The van der Waals surface area contributed by atoms with Crippen LogP contribution in [-0.4, -0.2) is 14.1 Å². The van der Waals surface area contributed by atoms with Crippen molar-refractivity contribution in [3.05, 3.63) is 35.9 Å². The molecule has 0 aliphatic carbocycles. The van der Waals surface area contributed by atoms with Gasteiger partial charge in [0.2, 0.25) is 0 Å². The van der Waals surface area contributed by atoms with Gasteiger partial charge in [0, 0.05) is 33.2 Å². The number of quaternary nitrogens is 1.